The number of H-pyrrole nitrogens is 1. The van der Waals surface area contributed by atoms with Gasteiger partial charge in [-0.15, -0.1) is 0 Å². The molecular weight excluding hydrogens is 566 g/mol. The highest BCUT2D eigenvalue weighted by Gasteiger charge is 2.46. The van der Waals surface area contributed by atoms with Crippen LogP contribution in [0.5, 0.6) is 0 Å². The van der Waals surface area contributed by atoms with Gasteiger partial charge in [0.05, 0.1) is 19.0 Å². The Labute approximate surface area is 259 Å². The van der Waals surface area contributed by atoms with E-state index in [0.29, 0.717) is 42.8 Å². The number of unbranched alkanes of at least 4 members (excludes halogenated alkanes) is 11. The lowest BCUT2D eigenvalue weighted by atomic mass is 9.95. The molecule has 246 valence electrons. The van der Waals surface area contributed by atoms with Crippen molar-refractivity contribution in [2.24, 2.45) is 0 Å². The average Bonchev–Trinajstić information content (AvgIpc) is 3.72. The molecule has 2 aliphatic heterocycles. The fraction of sp³-hybridized carbons (Fsp3) is 0.774. The van der Waals surface area contributed by atoms with E-state index in [-0.39, 0.29) is 5.91 Å². The third-order valence-corrected chi connectivity index (χ3v) is 8.86. The van der Waals surface area contributed by atoms with Gasteiger partial charge in [0, 0.05) is 13.0 Å². The summed E-state index contributed by atoms with van der Waals surface area (Å²) in [5.74, 6) is -0.158. The van der Waals surface area contributed by atoms with Crippen LogP contribution < -0.4 is 10.6 Å². The minimum atomic E-state index is -1.46. The Morgan fingerprint density at radius 1 is 0.977 bits per heavy atom. The zero-order valence-corrected chi connectivity index (χ0v) is 26.0. The van der Waals surface area contributed by atoms with Crippen LogP contribution >= 0.6 is 0 Å². The number of amides is 2. The third kappa shape index (κ3) is 9.09. The lowest BCUT2D eigenvalue weighted by Gasteiger charge is -2.43. The Balaban J connectivity index is 1.20. The number of aromatic amines is 1. The molecule has 44 heavy (non-hydrogen) atoms. The van der Waals surface area contributed by atoms with E-state index in [0.717, 1.165) is 19.3 Å². The second-order valence-electron chi connectivity index (χ2n) is 12.1. The van der Waals surface area contributed by atoms with Crippen LogP contribution in [-0.2, 0) is 14.3 Å². The van der Waals surface area contributed by atoms with Gasteiger partial charge in [0.15, 0.2) is 17.7 Å². The van der Waals surface area contributed by atoms with Crippen molar-refractivity contribution in [1.82, 2.24) is 30.2 Å². The lowest BCUT2D eigenvalue weighted by Crippen LogP contribution is -2.67. The van der Waals surface area contributed by atoms with E-state index in [9.17, 15) is 24.9 Å². The number of anilines is 1. The molecule has 0 aliphatic carbocycles. The molecule has 2 aromatic rings. The highest BCUT2D eigenvalue weighted by molar-refractivity contribution is 5.88. The van der Waals surface area contributed by atoms with Gasteiger partial charge in [-0.2, -0.15) is 0 Å². The Hall–Kier alpha value is -2.87. The van der Waals surface area contributed by atoms with Gasteiger partial charge in [-0.1, -0.05) is 77.6 Å². The molecule has 2 amide bonds. The van der Waals surface area contributed by atoms with Gasteiger partial charge >= 0.3 is 0 Å². The highest BCUT2D eigenvalue weighted by atomic mass is 16.5. The molecule has 13 heteroatoms. The molecule has 6 N–H and O–H groups in total. The van der Waals surface area contributed by atoms with E-state index >= 15 is 0 Å². The zero-order valence-electron chi connectivity index (χ0n) is 26.0. The maximum absolute atomic E-state index is 13.3. The van der Waals surface area contributed by atoms with Gasteiger partial charge in [0.1, 0.15) is 36.2 Å². The fourth-order valence-corrected chi connectivity index (χ4v) is 6.29. The second-order valence-corrected chi connectivity index (χ2v) is 12.1. The number of aliphatic hydroxyl groups is 3. The summed E-state index contributed by atoms with van der Waals surface area (Å²) >= 11 is 0. The maximum Gasteiger partial charge on any atom is 0.243 e. The summed E-state index contributed by atoms with van der Waals surface area (Å²) in [4.78, 5) is 43.2. The van der Waals surface area contributed by atoms with Gasteiger partial charge in [-0.25, -0.2) is 15.0 Å². The van der Waals surface area contributed by atoms with Gasteiger partial charge < -0.3 is 40.6 Å². The number of aromatic nitrogens is 4. The number of nitrogens with zero attached hydrogens (tertiary/aromatic N) is 4. The molecule has 0 bridgehead atoms. The largest absolute Gasteiger partial charge is 0.394 e. The van der Waals surface area contributed by atoms with Crippen molar-refractivity contribution in [3.63, 3.8) is 0 Å². The number of aliphatic hydroxyl groups excluding tert-OH is 3. The Morgan fingerprint density at radius 2 is 1.66 bits per heavy atom. The SMILES string of the molecule is CCCCCCCCCCCCCCC(=O)N1CCC[C@@H]1C(=O)N[C@@H]1[C@@H](O)[C@H](O)[C@@H](Nc2ncnc3nc[nH]c23)O[C@H]1CO. The molecule has 4 heterocycles. The van der Waals surface area contributed by atoms with Gasteiger partial charge in [0.25, 0.3) is 0 Å². The van der Waals surface area contributed by atoms with Crippen LogP contribution in [0.1, 0.15) is 103 Å². The molecular formula is C31H51N7O6. The molecule has 2 fully saturated rings. The molecule has 0 saturated carbocycles. The van der Waals surface area contributed by atoms with Crippen molar-refractivity contribution in [3.8, 4) is 0 Å². The number of carbonyl (C=O) groups is 2. The highest BCUT2D eigenvalue weighted by Crippen LogP contribution is 2.26. The molecule has 0 spiro atoms. The van der Waals surface area contributed by atoms with E-state index in [1.165, 1.54) is 70.4 Å². The molecule has 0 aromatic carbocycles. The van der Waals surface area contributed by atoms with E-state index in [1.54, 1.807) is 4.90 Å². The number of carbonyl (C=O) groups excluding carboxylic acids is 2. The number of rotatable bonds is 18. The van der Waals surface area contributed by atoms with E-state index in [2.05, 4.69) is 37.5 Å². The van der Waals surface area contributed by atoms with Crippen molar-refractivity contribution >= 4 is 28.8 Å². The number of nitrogens with one attached hydrogen (secondary N) is 3. The lowest BCUT2D eigenvalue weighted by molar-refractivity contribution is -0.186. The van der Waals surface area contributed by atoms with Gasteiger partial charge in [0.2, 0.25) is 11.8 Å². The second kappa shape index (κ2) is 17.6. The maximum atomic E-state index is 13.3. The quantitative estimate of drug-likeness (QED) is 0.136. The fourth-order valence-electron chi connectivity index (χ4n) is 6.29. The minimum Gasteiger partial charge on any atom is -0.394 e. The number of hydrogen-bond donors (Lipinski definition) is 6. The normalized spacial score (nSPS) is 25.4. The van der Waals surface area contributed by atoms with Crippen LogP contribution in [-0.4, -0.2) is 102 Å². The van der Waals surface area contributed by atoms with Gasteiger partial charge in [-0.05, 0) is 19.3 Å². The van der Waals surface area contributed by atoms with Crippen LogP contribution in [0.2, 0.25) is 0 Å². The Bertz CT molecular complexity index is 1160. The van der Waals surface area contributed by atoms with Crippen molar-refractivity contribution < 1.29 is 29.6 Å². The first kappa shape index (κ1) is 34.0. The smallest absolute Gasteiger partial charge is 0.243 e. The molecule has 0 unspecified atom stereocenters. The van der Waals surface area contributed by atoms with Crippen LogP contribution in [0.25, 0.3) is 11.2 Å². The first-order chi connectivity index (χ1) is 21.4. The number of hydrogen-bond acceptors (Lipinski definition) is 10. The number of likely N-dealkylation sites (tertiary alicyclic amines) is 1. The molecule has 0 radical (unpaired) electrons. The first-order valence-electron chi connectivity index (χ1n) is 16.6. The molecule has 2 aliphatic rings. The predicted octanol–water partition coefficient (Wildman–Crippen LogP) is 2.77. The van der Waals surface area contributed by atoms with Crippen molar-refractivity contribution in [1.29, 1.82) is 0 Å². The number of fused-ring (bicyclic) bond motifs is 1. The average molecular weight is 618 g/mol. The van der Waals surface area contributed by atoms with Crippen LogP contribution in [0.3, 0.4) is 0 Å². The number of imidazole rings is 1. The summed E-state index contributed by atoms with van der Waals surface area (Å²) < 4.78 is 5.86. The Morgan fingerprint density at radius 3 is 2.34 bits per heavy atom. The summed E-state index contributed by atoms with van der Waals surface area (Å²) in [6, 6.07) is -1.74. The topological polar surface area (TPSA) is 186 Å². The zero-order chi connectivity index (χ0) is 31.3. The van der Waals surface area contributed by atoms with Crippen LogP contribution in [0.15, 0.2) is 12.7 Å². The van der Waals surface area contributed by atoms with Gasteiger partial charge in [-0.3, -0.25) is 9.59 Å². The van der Waals surface area contributed by atoms with Crippen molar-refractivity contribution in [2.45, 2.75) is 140 Å². The van der Waals surface area contributed by atoms with Crippen molar-refractivity contribution in [3.05, 3.63) is 12.7 Å². The van der Waals surface area contributed by atoms with Crippen LogP contribution in [0.4, 0.5) is 5.82 Å². The summed E-state index contributed by atoms with van der Waals surface area (Å²) in [6.07, 6.45) is 14.0. The van der Waals surface area contributed by atoms with E-state index in [1.807, 2.05) is 0 Å². The minimum absolute atomic E-state index is 0.0341. The molecule has 13 nitrogen and oxygen atoms in total. The molecule has 6 atom stereocenters. The van der Waals surface area contributed by atoms with E-state index in [4.69, 9.17) is 4.74 Å². The summed E-state index contributed by atoms with van der Waals surface area (Å²) in [5, 5.41) is 37.6. The molecule has 2 aromatic heterocycles. The monoisotopic (exact) mass is 617 g/mol. The summed E-state index contributed by atoms with van der Waals surface area (Å²) in [5.41, 5.74) is 0.898. The number of ether oxygens (including phenoxy) is 1. The van der Waals surface area contributed by atoms with E-state index < -0.39 is 49.1 Å². The van der Waals surface area contributed by atoms with Crippen molar-refractivity contribution in [2.75, 3.05) is 18.5 Å². The molecule has 4 rings (SSSR count). The van der Waals surface area contributed by atoms with Crippen LogP contribution in [0, 0.1) is 0 Å². The standard InChI is InChI=1S/C31H51N7O6/c1-2-3-4-5-6-7-8-9-10-11-12-13-16-23(40)38-17-14-15-21(38)30(43)36-24-22(18-39)44-31(27(42)26(24)41)37-29-25-28(33-19-32-25)34-20-35-29/h19-22,24,26-27,31,39,41-42H,2-18H2,1H3,(H,36,43)(H2,32,33,34,35,37)/t21-,22+,24+,26-,27+,31+/m1/s1. The predicted molar refractivity (Wildman–Crippen MR) is 165 cm³/mol. The third-order valence-electron chi connectivity index (χ3n) is 8.86. The molecule has 2 saturated heterocycles. The summed E-state index contributed by atoms with van der Waals surface area (Å²) in [6.45, 7) is 2.24. The summed E-state index contributed by atoms with van der Waals surface area (Å²) in [7, 11) is 0. The first-order valence-corrected chi connectivity index (χ1v) is 16.6. The Kier molecular flexibility index (Phi) is 13.6.